The van der Waals surface area contributed by atoms with Gasteiger partial charge in [-0.1, -0.05) is 12.1 Å². The van der Waals surface area contributed by atoms with E-state index in [1.54, 1.807) is 18.4 Å². The van der Waals surface area contributed by atoms with E-state index in [1.807, 2.05) is 13.0 Å². The summed E-state index contributed by atoms with van der Waals surface area (Å²) >= 11 is 1.34. The molecule has 0 radical (unpaired) electrons. The number of rotatable bonds is 5. The Bertz CT molecular complexity index is 627. The van der Waals surface area contributed by atoms with Crippen LogP contribution in [0.15, 0.2) is 23.6 Å². The molecule has 0 saturated heterocycles. The number of thiazole rings is 1. The molecule has 0 aliphatic heterocycles. The van der Waals surface area contributed by atoms with E-state index < -0.39 is 5.97 Å². The number of aryl methyl sites for hydroxylation is 1. The molecule has 0 bridgehead atoms. The summed E-state index contributed by atoms with van der Waals surface area (Å²) in [7, 11) is 0. The molecule has 1 heterocycles. The van der Waals surface area contributed by atoms with Gasteiger partial charge in [0.15, 0.2) is 5.13 Å². The van der Waals surface area contributed by atoms with Crippen LogP contribution in [0.2, 0.25) is 0 Å². The van der Waals surface area contributed by atoms with E-state index in [0.717, 1.165) is 5.56 Å². The van der Waals surface area contributed by atoms with Gasteiger partial charge in [-0.3, -0.25) is 4.79 Å². The number of aliphatic carboxylic acids is 1. The van der Waals surface area contributed by atoms with Gasteiger partial charge in [0.25, 0.3) is 0 Å². The first-order valence-electron chi connectivity index (χ1n) is 6.14. The van der Waals surface area contributed by atoms with Crippen molar-refractivity contribution in [3.63, 3.8) is 0 Å². The molecule has 6 heteroatoms. The van der Waals surface area contributed by atoms with Crippen molar-refractivity contribution in [2.75, 3.05) is 5.32 Å². The highest BCUT2D eigenvalue weighted by atomic mass is 32.1. The zero-order chi connectivity index (χ0) is 14.7. The minimum absolute atomic E-state index is 0.0915. The average Bonchev–Trinajstić information content (AvgIpc) is 2.79. The van der Waals surface area contributed by atoms with E-state index >= 15 is 0 Å². The number of aromatic nitrogens is 1. The Morgan fingerprint density at radius 2 is 2.30 bits per heavy atom. The van der Waals surface area contributed by atoms with Crippen molar-refractivity contribution in [1.82, 2.24) is 4.98 Å². The molecule has 0 aliphatic rings. The van der Waals surface area contributed by atoms with Crippen LogP contribution in [0.5, 0.6) is 0 Å². The predicted molar refractivity (Wildman–Crippen MR) is 76.6 cm³/mol. The van der Waals surface area contributed by atoms with Gasteiger partial charge in [-0.15, -0.1) is 11.3 Å². The zero-order valence-electron chi connectivity index (χ0n) is 11.2. The fourth-order valence-corrected chi connectivity index (χ4v) is 2.55. The maximum absolute atomic E-state index is 13.5. The third-order valence-electron chi connectivity index (χ3n) is 2.92. The van der Waals surface area contributed by atoms with Crippen molar-refractivity contribution in [1.29, 1.82) is 0 Å². The summed E-state index contributed by atoms with van der Waals surface area (Å²) in [6.07, 6.45) is -0.0915. The molecular weight excluding hydrogens is 279 g/mol. The Morgan fingerprint density at radius 3 is 2.95 bits per heavy atom. The Kier molecular flexibility index (Phi) is 4.34. The number of hydrogen-bond acceptors (Lipinski definition) is 4. The lowest BCUT2D eigenvalue weighted by Crippen LogP contribution is -2.07. The van der Waals surface area contributed by atoms with Gasteiger partial charge in [0.1, 0.15) is 5.82 Å². The zero-order valence-corrected chi connectivity index (χ0v) is 12.0. The SMILES string of the molecule is Cc1ccc(C(C)Nc2nc(CC(=O)O)cs2)cc1F. The summed E-state index contributed by atoms with van der Waals surface area (Å²) in [5, 5.41) is 14.2. The second-order valence-corrected chi connectivity index (χ2v) is 5.45. The van der Waals surface area contributed by atoms with Crippen molar-refractivity contribution in [3.05, 3.63) is 46.2 Å². The van der Waals surface area contributed by atoms with Gasteiger partial charge in [0.05, 0.1) is 18.2 Å². The van der Waals surface area contributed by atoms with Gasteiger partial charge in [-0.2, -0.15) is 0 Å². The fourth-order valence-electron chi connectivity index (χ4n) is 1.76. The lowest BCUT2D eigenvalue weighted by atomic mass is 10.1. The molecule has 0 fully saturated rings. The number of halogens is 1. The van der Waals surface area contributed by atoms with Gasteiger partial charge in [0.2, 0.25) is 0 Å². The second kappa shape index (κ2) is 6.00. The van der Waals surface area contributed by atoms with E-state index in [0.29, 0.717) is 16.4 Å². The van der Waals surface area contributed by atoms with Crippen molar-refractivity contribution < 1.29 is 14.3 Å². The molecule has 1 atom stereocenters. The van der Waals surface area contributed by atoms with E-state index in [2.05, 4.69) is 10.3 Å². The first-order valence-corrected chi connectivity index (χ1v) is 7.02. The van der Waals surface area contributed by atoms with Crippen LogP contribution in [0.3, 0.4) is 0 Å². The number of carbonyl (C=O) groups is 1. The minimum atomic E-state index is -0.907. The highest BCUT2D eigenvalue weighted by molar-refractivity contribution is 7.13. The molecule has 0 spiro atoms. The molecule has 20 heavy (non-hydrogen) atoms. The minimum Gasteiger partial charge on any atom is -0.481 e. The third-order valence-corrected chi connectivity index (χ3v) is 3.74. The van der Waals surface area contributed by atoms with Crippen LogP contribution in [0.25, 0.3) is 0 Å². The molecule has 0 saturated carbocycles. The van der Waals surface area contributed by atoms with Gasteiger partial charge < -0.3 is 10.4 Å². The van der Waals surface area contributed by atoms with Gasteiger partial charge in [-0.25, -0.2) is 9.37 Å². The van der Waals surface area contributed by atoms with Crippen LogP contribution in [0, 0.1) is 12.7 Å². The van der Waals surface area contributed by atoms with Crippen LogP contribution in [-0.2, 0) is 11.2 Å². The molecule has 106 valence electrons. The summed E-state index contributed by atoms with van der Waals surface area (Å²) in [6.45, 7) is 3.62. The number of hydrogen-bond donors (Lipinski definition) is 2. The highest BCUT2D eigenvalue weighted by Gasteiger charge is 2.11. The maximum Gasteiger partial charge on any atom is 0.309 e. The molecular formula is C14H15FN2O2S. The van der Waals surface area contributed by atoms with Crippen LogP contribution < -0.4 is 5.32 Å². The first kappa shape index (κ1) is 14.5. The number of benzene rings is 1. The quantitative estimate of drug-likeness (QED) is 0.887. The van der Waals surface area contributed by atoms with Crippen molar-refractivity contribution in [2.24, 2.45) is 0 Å². The Labute approximate surface area is 120 Å². The van der Waals surface area contributed by atoms with E-state index in [-0.39, 0.29) is 18.3 Å². The summed E-state index contributed by atoms with van der Waals surface area (Å²) < 4.78 is 13.5. The molecule has 4 nitrogen and oxygen atoms in total. The number of nitrogens with one attached hydrogen (secondary N) is 1. The summed E-state index contributed by atoms with van der Waals surface area (Å²) in [4.78, 5) is 14.8. The van der Waals surface area contributed by atoms with E-state index in [4.69, 9.17) is 5.11 Å². The van der Waals surface area contributed by atoms with Gasteiger partial charge >= 0.3 is 5.97 Å². The molecule has 1 unspecified atom stereocenters. The molecule has 2 N–H and O–H groups in total. The summed E-state index contributed by atoms with van der Waals surface area (Å²) in [6, 6.07) is 5.00. The van der Waals surface area contributed by atoms with Crippen LogP contribution in [0.4, 0.5) is 9.52 Å². The third kappa shape index (κ3) is 3.54. The maximum atomic E-state index is 13.5. The first-order chi connectivity index (χ1) is 9.45. The van der Waals surface area contributed by atoms with Crippen LogP contribution >= 0.6 is 11.3 Å². The number of carboxylic acid groups (broad SMARTS) is 1. The van der Waals surface area contributed by atoms with E-state index in [1.165, 1.54) is 17.4 Å². The average molecular weight is 294 g/mol. The second-order valence-electron chi connectivity index (χ2n) is 4.59. The Balaban J connectivity index is 2.06. The van der Waals surface area contributed by atoms with Crippen molar-refractivity contribution >= 4 is 22.4 Å². The largest absolute Gasteiger partial charge is 0.481 e. The molecule has 1 aromatic carbocycles. The number of anilines is 1. The fraction of sp³-hybridized carbons (Fsp3) is 0.286. The Hall–Kier alpha value is -1.95. The molecule has 2 rings (SSSR count). The molecule has 1 aromatic heterocycles. The van der Waals surface area contributed by atoms with Crippen molar-refractivity contribution in [3.8, 4) is 0 Å². The number of nitrogens with zero attached hydrogens (tertiary/aromatic N) is 1. The molecule has 0 aliphatic carbocycles. The smallest absolute Gasteiger partial charge is 0.309 e. The predicted octanol–water partition coefficient (Wildman–Crippen LogP) is 3.39. The lowest BCUT2D eigenvalue weighted by Gasteiger charge is -2.13. The molecule has 0 amide bonds. The highest BCUT2D eigenvalue weighted by Crippen LogP contribution is 2.23. The van der Waals surface area contributed by atoms with Gasteiger partial charge in [-0.05, 0) is 31.0 Å². The monoisotopic (exact) mass is 294 g/mol. The topological polar surface area (TPSA) is 62.2 Å². The van der Waals surface area contributed by atoms with Gasteiger partial charge in [0, 0.05) is 5.38 Å². The van der Waals surface area contributed by atoms with Crippen molar-refractivity contribution in [2.45, 2.75) is 26.3 Å². The lowest BCUT2D eigenvalue weighted by molar-refractivity contribution is -0.136. The standard InChI is InChI=1S/C14H15FN2O2S/c1-8-3-4-10(5-12(8)15)9(2)16-14-17-11(7-20-14)6-13(18)19/h3-5,7,9H,6H2,1-2H3,(H,16,17)(H,18,19). The van der Waals surface area contributed by atoms with Crippen LogP contribution in [0.1, 0.15) is 29.8 Å². The van der Waals surface area contributed by atoms with E-state index in [9.17, 15) is 9.18 Å². The number of carboxylic acids is 1. The van der Waals surface area contributed by atoms with Crippen LogP contribution in [-0.4, -0.2) is 16.1 Å². The Morgan fingerprint density at radius 1 is 1.55 bits per heavy atom. The normalized spacial score (nSPS) is 12.2. The summed E-state index contributed by atoms with van der Waals surface area (Å²) in [5.41, 5.74) is 1.95. The molecule has 2 aromatic rings. The summed E-state index contributed by atoms with van der Waals surface area (Å²) in [5.74, 6) is -1.14.